The van der Waals surface area contributed by atoms with Gasteiger partial charge in [-0.1, -0.05) is 28.4 Å². The van der Waals surface area contributed by atoms with Crippen LogP contribution in [-0.2, 0) is 6.54 Å². The SMILES string of the molecule is N#CCn1nnc2ccc(Cl)c(Cl)c21. The number of rotatable bonds is 1. The van der Waals surface area contributed by atoms with E-state index in [2.05, 4.69) is 10.3 Å². The third kappa shape index (κ3) is 1.31. The lowest BCUT2D eigenvalue weighted by Gasteiger charge is -1.98. The summed E-state index contributed by atoms with van der Waals surface area (Å²) in [7, 11) is 0. The van der Waals surface area contributed by atoms with E-state index in [0.717, 1.165) is 0 Å². The van der Waals surface area contributed by atoms with Crippen molar-refractivity contribution in [2.24, 2.45) is 0 Å². The molecule has 0 fully saturated rings. The van der Waals surface area contributed by atoms with Crippen LogP contribution in [0.3, 0.4) is 0 Å². The first kappa shape index (κ1) is 9.25. The minimum atomic E-state index is 0.108. The Morgan fingerprint density at radius 2 is 2.21 bits per heavy atom. The first-order valence-corrected chi connectivity index (χ1v) is 4.54. The molecule has 0 N–H and O–H groups in total. The van der Waals surface area contributed by atoms with Crippen LogP contribution in [0.15, 0.2) is 12.1 Å². The molecule has 14 heavy (non-hydrogen) atoms. The number of halogens is 2. The van der Waals surface area contributed by atoms with E-state index in [-0.39, 0.29) is 6.54 Å². The van der Waals surface area contributed by atoms with Crippen molar-refractivity contribution >= 4 is 34.2 Å². The van der Waals surface area contributed by atoms with E-state index in [0.29, 0.717) is 21.1 Å². The Bertz CT molecular complexity index is 526. The Morgan fingerprint density at radius 3 is 2.93 bits per heavy atom. The number of benzene rings is 1. The van der Waals surface area contributed by atoms with Crippen LogP contribution in [0.25, 0.3) is 11.0 Å². The fourth-order valence-corrected chi connectivity index (χ4v) is 1.59. The average molecular weight is 227 g/mol. The maximum absolute atomic E-state index is 8.54. The van der Waals surface area contributed by atoms with E-state index in [1.54, 1.807) is 12.1 Å². The normalized spacial score (nSPS) is 10.4. The molecule has 2 rings (SSSR count). The maximum atomic E-state index is 8.54. The van der Waals surface area contributed by atoms with Gasteiger partial charge in [0.2, 0.25) is 0 Å². The van der Waals surface area contributed by atoms with Gasteiger partial charge in [-0.15, -0.1) is 5.10 Å². The summed E-state index contributed by atoms with van der Waals surface area (Å²) in [5, 5.41) is 17.0. The summed E-state index contributed by atoms with van der Waals surface area (Å²) in [6.07, 6.45) is 0. The molecule has 70 valence electrons. The van der Waals surface area contributed by atoms with Gasteiger partial charge in [-0.3, -0.25) is 0 Å². The van der Waals surface area contributed by atoms with Crippen molar-refractivity contribution in [3.8, 4) is 6.07 Å². The molecule has 0 unspecified atom stereocenters. The lowest BCUT2D eigenvalue weighted by Crippen LogP contribution is -1.97. The molecule has 2 aromatic rings. The molecule has 1 heterocycles. The van der Waals surface area contributed by atoms with Crippen molar-refractivity contribution in [3.63, 3.8) is 0 Å². The summed E-state index contributed by atoms with van der Waals surface area (Å²) >= 11 is 11.8. The number of nitrogens with zero attached hydrogens (tertiary/aromatic N) is 4. The topological polar surface area (TPSA) is 54.5 Å². The molecule has 4 nitrogen and oxygen atoms in total. The van der Waals surface area contributed by atoms with E-state index in [4.69, 9.17) is 28.5 Å². The average Bonchev–Trinajstić information content (AvgIpc) is 2.57. The van der Waals surface area contributed by atoms with Crippen LogP contribution in [0, 0.1) is 11.3 Å². The molecule has 0 radical (unpaired) electrons. The summed E-state index contributed by atoms with van der Waals surface area (Å²) in [6.45, 7) is 0.108. The Morgan fingerprint density at radius 1 is 1.43 bits per heavy atom. The second-order valence-electron chi connectivity index (χ2n) is 2.63. The zero-order valence-electron chi connectivity index (χ0n) is 6.91. The molecule has 1 aromatic carbocycles. The van der Waals surface area contributed by atoms with Gasteiger partial charge in [-0.05, 0) is 12.1 Å². The van der Waals surface area contributed by atoms with E-state index in [1.807, 2.05) is 6.07 Å². The molecule has 0 spiro atoms. The fourth-order valence-electron chi connectivity index (χ4n) is 1.18. The summed E-state index contributed by atoms with van der Waals surface area (Å²) in [5.41, 5.74) is 1.23. The highest BCUT2D eigenvalue weighted by molar-refractivity contribution is 6.44. The predicted octanol–water partition coefficient (Wildman–Crippen LogP) is 2.26. The highest BCUT2D eigenvalue weighted by atomic mass is 35.5. The first-order valence-electron chi connectivity index (χ1n) is 3.78. The molecule has 0 aliphatic carbocycles. The second kappa shape index (κ2) is 3.45. The monoisotopic (exact) mass is 226 g/mol. The minimum Gasteiger partial charge on any atom is -0.229 e. The first-order chi connectivity index (χ1) is 6.74. The molecule has 1 aromatic heterocycles. The number of hydrogen-bond donors (Lipinski definition) is 0. The minimum absolute atomic E-state index is 0.108. The molecule has 0 amide bonds. The van der Waals surface area contributed by atoms with E-state index >= 15 is 0 Å². The van der Waals surface area contributed by atoms with Crippen molar-refractivity contribution in [1.29, 1.82) is 5.26 Å². The van der Waals surface area contributed by atoms with Crippen molar-refractivity contribution in [1.82, 2.24) is 15.0 Å². The van der Waals surface area contributed by atoms with Gasteiger partial charge in [0.05, 0.1) is 16.1 Å². The maximum Gasteiger partial charge on any atom is 0.130 e. The van der Waals surface area contributed by atoms with Crippen LogP contribution in [0.2, 0.25) is 10.0 Å². The van der Waals surface area contributed by atoms with Gasteiger partial charge in [-0.2, -0.15) is 5.26 Å². The molecule has 0 bridgehead atoms. The third-order valence-corrected chi connectivity index (χ3v) is 2.58. The van der Waals surface area contributed by atoms with Crippen LogP contribution in [0.5, 0.6) is 0 Å². The lowest BCUT2D eigenvalue weighted by atomic mass is 10.3. The standard InChI is InChI=1S/C8H4Cl2N4/c9-5-1-2-6-8(7(5)10)14(4-3-11)13-12-6/h1-2H,4H2. The Hall–Kier alpha value is -1.31. The van der Waals surface area contributed by atoms with Crippen LogP contribution in [0.1, 0.15) is 0 Å². The largest absolute Gasteiger partial charge is 0.229 e. The van der Waals surface area contributed by atoms with Gasteiger partial charge in [0.1, 0.15) is 17.6 Å². The molecular weight excluding hydrogens is 223 g/mol. The molecule has 0 saturated heterocycles. The Balaban J connectivity index is 2.77. The van der Waals surface area contributed by atoms with Crippen LogP contribution < -0.4 is 0 Å². The summed E-state index contributed by atoms with van der Waals surface area (Å²) < 4.78 is 1.42. The van der Waals surface area contributed by atoms with Gasteiger partial charge in [0.15, 0.2) is 0 Å². The summed E-state index contributed by atoms with van der Waals surface area (Å²) in [6, 6.07) is 5.33. The van der Waals surface area contributed by atoms with E-state index in [1.165, 1.54) is 4.68 Å². The van der Waals surface area contributed by atoms with Crippen LogP contribution in [0.4, 0.5) is 0 Å². The Kier molecular flexibility index (Phi) is 2.28. The van der Waals surface area contributed by atoms with Gasteiger partial charge in [0.25, 0.3) is 0 Å². The fraction of sp³-hybridized carbons (Fsp3) is 0.125. The van der Waals surface area contributed by atoms with E-state index in [9.17, 15) is 0 Å². The molecule has 0 atom stereocenters. The number of aromatic nitrogens is 3. The lowest BCUT2D eigenvalue weighted by molar-refractivity contribution is 0.689. The van der Waals surface area contributed by atoms with Crippen LogP contribution >= 0.6 is 23.2 Å². The van der Waals surface area contributed by atoms with Crippen molar-refractivity contribution in [2.75, 3.05) is 0 Å². The molecule has 6 heteroatoms. The summed E-state index contributed by atoms with van der Waals surface area (Å²) in [4.78, 5) is 0. The Labute approximate surface area is 89.6 Å². The highest BCUT2D eigenvalue weighted by Gasteiger charge is 2.10. The van der Waals surface area contributed by atoms with Gasteiger partial charge < -0.3 is 0 Å². The number of fused-ring (bicyclic) bond motifs is 1. The summed E-state index contributed by atoms with van der Waals surface area (Å²) in [5.74, 6) is 0. The van der Waals surface area contributed by atoms with E-state index < -0.39 is 0 Å². The van der Waals surface area contributed by atoms with Crippen molar-refractivity contribution < 1.29 is 0 Å². The zero-order chi connectivity index (χ0) is 10.1. The molecule has 0 aliphatic heterocycles. The quantitative estimate of drug-likeness (QED) is 0.750. The van der Waals surface area contributed by atoms with Gasteiger partial charge in [0, 0.05) is 0 Å². The van der Waals surface area contributed by atoms with Gasteiger partial charge >= 0.3 is 0 Å². The van der Waals surface area contributed by atoms with Gasteiger partial charge in [-0.25, -0.2) is 4.68 Å². The third-order valence-electron chi connectivity index (χ3n) is 1.79. The second-order valence-corrected chi connectivity index (χ2v) is 3.42. The predicted molar refractivity (Wildman–Crippen MR) is 53.2 cm³/mol. The molecular formula is C8H4Cl2N4. The molecule has 0 aliphatic rings. The molecule has 0 saturated carbocycles. The van der Waals surface area contributed by atoms with Crippen LogP contribution in [-0.4, -0.2) is 15.0 Å². The highest BCUT2D eigenvalue weighted by Crippen LogP contribution is 2.29. The van der Waals surface area contributed by atoms with Crippen molar-refractivity contribution in [3.05, 3.63) is 22.2 Å². The zero-order valence-corrected chi connectivity index (χ0v) is 8.42. The number of nitriles is 1. The van der Waals surface area contributed by atoms with Crippen molar-refractivity contribution in [2.45, 2.75) is 6.54 Å². The smallest absolute Gasteiger partial charge is 0.130 e. The number of hydrogen-bond acceptors (Lipinski definition) is 3.